The van der Waals surface area contributed by atoms with E-state index in [1.807, 2.05) is 32.0 Å². The molecule has 1 aromatic carbocycles. The molecule has 6 heteroatoms. The fraction of sp³-hybridized carbons (Fsp3) is 0.267. The predicted molar refractivity (Wildman–Crippen MR) is 77.9 cm³/mol. The molecule has 1 amide bonds. The maximum absolute atomic E-state index is 11.7. The van der Waals surface area contributed by atoms with Crippen LogP contribution in [0.2, 0.25) is 0 Å². The van der Waals surface area contributed by atoms with Crippen LogP contribution < -0.4 is 11.3 Å². The number of aliphatic hydroxyl groups is 1. The first kappa shape index (κ1) is 14.9. The van der Waals surface area contributed by atoms with E-state index in [4.69, 9.17) is 5.73 Å². The van der Waals surface area contributed by atoms with Crippen LogP contribution in [-0.4, -0.2) is 20.8 Å². The minimum absolute atomic E-state index is 0.0113. The Morgan fingerprint density at radius 1 is 1.33 bits per heavy atom. The Morgan fingerprint density at radius 2 is 2.05 bits per heavy atom. The van der Waals surface area contributed by atoms with Crippen LogP contribution >= 0.6 is 0 Å². The molecule has 0 fully saturated rings. The minimum Gasteiger partial charge on any atom is -0.386 e. The maximum atomic E-state index is 11.7. The summed E-state index contributed by atoms with van der Waals surface area (Å²) < 4.78 is 1.05. The summed E-state index contributed by atoms with van der Waals surface area (Å²) in [4.78, 5) is 22.9. The number of carbonyl (C=O) groups is 1. The van der Waals surface area contributed by atoms with Gasteiger partial charge in [-0.2, -0.15) is 5.10 Å². The van der Waals surface area contributed by atoms with E-state index in [0.29, 0.717) is 0 Å². The number of aromatic nitrogens is 2. The Morgan fingerprint density at radius 3 is 2.71 bits per heavy atom. The van der Waals surface area contributed by atoms with Crippen LogP contribution in [0.15, 0.2) is 35.1 Å². The number of nitrogens with two attached hydrogens (primary N) is 1. The van der Waals surface area contributed by atoms with Gasteiger partial charge in [0.05, 0.1) is 12.6 Å². The van der Waals surface area contributed by atoms with Crippen LogP contribution in [-0.2, 0) is 6.54 Å². The largest absolute Gasteiger partial charge is 0.386 e. The highest BCUT2D eigenvalue weighted by Gasteiger charge is 2.14. The molecule has 0 aliphatic carbocycles. The number of aliphatic hydroxyl groups excluding tert-OH is 1. The van der Waals surface area contributed by atoms with E-state index >= 15 is 0 Å². The van der Waals surface area contributed by atoms with Crippen molar-refractivity contribution in [1.82, 2.24) is 9.78 Å². The number of nitrogens with zero attached hydrogens (tertiary/aromatic N) is 2. The summed E-state index contributed by atoms with van der Waals surface area (Å²) in [7, 11) is 0. The highest BCUT2D eigenvalue weighted by atomic mass is 16.3. The highest BCUT2D eigenvalue weighted by molar-refractivity contribution is 5.90. The van der Waals surface area contributed by atoms with Gasteiger partial charge in [0.2, 0.25) is 0 Å². The third-order valence-electron chi connectivity index (χ3n) is 3.26. The van der Waals surface area contributed by atoms with Crippen LogP contribution in [0.3, 0.4) is 0 Å². The SMILES string of the molecule is Cc1ccc(C)c([C@@H](O)Cn2nc(C(N)=O)ccc2=O)c1. The van der Waals surface area contributed by atoms with Crippen LogP contribution in [0.1, 0.15) is 33.3 Å². The normalized spacial score (nSPS) is 12.1. The molecule has 2 aromatic rings. The van der Waals surface area contributed by atoms with Crippen LogP contribution in [0.4, 0.5) is 0 Å². The van der Waals surface area contributed by atoms with Gasteiger partial charge in [-0.15, -0.1) is 0 Å². The summed E-state index contributed by atoms with van der Waals surface area (Å²) >= 11 is 0. The molecule has 0 aliphatic heterocycles. The number of carbonyl (C=O) groups excluding carboxylic acids is 1. The monoisotopic (exact) mass is 287 g/mol. The van der Waals surface area contributed by atoms with E-state index < -0.39 is 17.6 Å². The molecule has 0 bridgehead atoms. The van der Waals surface area contributed by atoms with Crippen LogP contribution in [0.5, 0.6) is 0 Å². The summed E-state index contributed by atoms with van der Waals surface area (Å²) in [5, 5.41) is 14.2. The Balaban J connectivity index is 2.33. The van der Waals surface area contributed by atoms with E-state index in [0.717, 1.165) is 21.4 Å². The van der Waals surface area contributed by atoms with E-state index in [9.17, 15) is 14.7 Å². The molecule has 0 spiro atoms. The molecule has 1 aromatic heterocycles. The Bertz CT molecular complexity index is 737. The van der Waals surface area contributed by atoms with Gasteiger partial charge in [-0.3, -0.25) is 9.59 Å². The highest BCUT2D eigenvalue weighted by Crippen LogP contribution is 2.20. The van der Waals surface area contributed by atoms with Gasteiger partial charge in [0.15, 0.2) is 0 Å². The second kappa shape index (κ2) is 5.88. The molecule has 6 nitrogen and oxygen atoms in total. The minimum atomic E-state index is -0.891. The summed E-state index contributed by atoms with van der Waals surface area (Å²) in [6.45, 7) is 3.77. The Hall–Kier alpha value is -2.47. The first-order chi connectivity index (χ1) is 9.88. The second-order valence-electron chi connectivity index (χ2n) is 4.98. The zero-order valence-electron chi connectivity index (χ0n) is 11.9. The number of amides is 1. The second-order valence-corrected chi connectivity index (χ2v) is 4.98. The molecular formula is C15H17N3O3. The van der Waals surface area contributed by atoms with Gasteiger partial charge in [-0.05, 0) is 31.0 Å². The third-order valence-corrected chi connectivity index (χ3v) is 3.26. The summed E-state index contributed by atoms with van der Waals surface area (Å²) in [6.07, 6.45) is -0.891. The number of hydrogen-bond donors (Lipinski definition) is 2. The lowest BCUT2D eigenvalue weighted by Crippen LogP contribution is -2.28. The molecule has 21 heavy (non-hydrogen) atoms. The van der Waals surface area contributed by atoms with Crippen molar-refractivity contribution in [1.29, 1.82) is 0 Å². The van der Waals surface area contributed by atoms with Gasteiger partial charge >= 0.3 is 0 Å². The molecule has 0 aliphatic rings. The zero-order chi connectivity index (χ0) is 15.6. The lowest BCUT2D eigenvalue weighted by Gasteiger charge is -2.15. The van der Waals surface area contributed by atoms with Crippen LogP contribution in [0.25, 0.3) is 0 Å². The molecule has 1 atom stereocenters. The molecule has 0 radical (unpaired) electrons. The molecular weight excluding hydrogens is 270 g/mol. The average molecular weight is 287 g/mol. The maximum Gasteiger partial charge on any atom is 0.269 e. The van der Waals surface area contributed by atoms with Crippen molar-refractivity contribution in [2.24, 2.45) is 5.73 Å². The van der Waals surface area contributed by atoms with Crippen molar-refractivity contribution in [2.75, 3.05) is 0 Å². The first-order valence-electron chi connectivity index (χ1n) is 6.51. The molecule has 3 N–H and O–H groups in total. The quantitative estimate of drug-likeness (QED) is 0.864. The van der Waals surface area contributed by atoms with E-state index in [1.54, 1.807) is 0 Å². The third kappa shape index (κ3) is 3.35. The van der Waals surface area contributed by atoms with Gasteiger partial charge < -0.3 is 10.8 Å². The Kier molecular flexibility index (Phi) is 4.18. The van der Waals surface area contributed by atoms with Gasteiger partial charge in [0.25, 0.3) is 11.5 Å². The van der Waals surface area contributed by atoms with Crippen molar-refractivity contribution in [3.63, 3.8) is 0 Å². The van der Waals surface area contributed by atoms with Crippen molar-refractivity contribution < 1.29 is 9.90 Å². The zero-order valence-corrected chi connectivity index (χ0v) is 11.9. The van der Waals surface area contributed by atoms with Crippen LogP contribution in [0, 0.1) is 13.8 Å². The summed E-state index contributed by atoms with van der Waals surface area (Å²) in [5.74, 6) is -0.718. The van der Waals surface area contributed by atoms with Gasteiger partial charge in [0, 0.05) is 6.07 Å². The molecule has 110 valence electrons. The molecule has 0 unspecified atom stereocenters. The fourth-order valence-corrected chi connectivity index (χ4v) is 2.09. The van der Waals surface area contributed by atoms with Gasteiger partial charge in [-0.25, -0.2) is 4.68 Å². The number of rotatable bonds is 4. The molecule has 0 saturated carbocycles. The number of primary amides is 1. The lowest BCUT2D eigenvalue weighted by atomic mass is 10.0. The topological polar surface area (TPSA) is 98.2 Å². The number of hydrogen-bond acceptors (Lipinski definition) is 4. The number of aryl methyl sites for hydroxylation is 2. The van der Waals surface area contributed by atoms with Gasteiger partial charge in [0.1, 0.15) is 5.69 Å². The standard InChI is InChI=1S/C15H17N3O3/c1-9-3-4-10(2)11(7-9)13(19)8-18-14(20)6-5-12(17-18)15(16)21/h3-7,13,19H,8H2,1-2H3,(H2,16,21)/t13-/m0/s1. The van der Waals surface area contributed by atoms with Crippen molar-refractivity contribution in [3.8, 4) is 0 Å². The summed E-state index contributed by atoms with van der Waals surface area (Å²) in [6, 6.07) is 8.20. The average Bonchev–Trinajstić information content (AvgIpc) is 2.43. The fourth-order valence-electron chi connectivity index (χ4n) is 2.09. The van der Waals surface area contributed by atoms with E-state index in [1.165, 1.54) is 12.1 Å². The molecule has 2 rings (SSSR count). The van der Waals surface area contributed by atoms with E-state index in [-0.39, 0.29) is 12.2 Å². The predicted octanol–water partition coefficient (Wildman–Crippen LogP) is 0.693. The van der Waals surface area contributed by atoms with Crippen molar-refractivity contribution in [3.05, 3.63) is 63.1 Å². The number of benzene rings is 1. The van der Waals surface area contributed by atoms with Crippen molar-refractivity contribution >= 4 is 5.91 Å². The lowest BCUT2D eigenvalue weighted by molar-refractivity contribution is 0.0989. The van der Waals surface area contributed by atoms with Crippen molar-refractivity contribution in [2.45, 2.75) is 26.5 Å². The Labute approximate surface area is 121 Å². The smallest absolute Gasteiger partial charge is 0.269 e. The summed E-state index contributed by atoms with van der Waals surface area (Å²) in [5.41, 5.74) is 7.40. The van der Waals surface area contributed by atoms with Gasteiger partial charge in [-0.1, -0.05) is 23.8 Å². The first-order valence-corrected chi connectivity index (χ1v) is 6.51. The van der Waals surface area contributed by atoms with E-state index in [2.05, 4.69) is 5.10 Å². The molecule has 1 heterocycles. The molecule has 0 saturated heterocycles.